The molecule has 1 aromatic carbocycles. The smallest absolute Gasteiger partial charge is 0.119 e. The Labute approximate surface area is 181 Å². The molecule has 0 bridgehead atoms. The van der Waals surface area contributed by atoms with Crippen molar-refractivity contribution in [1.29, 1.82) is 0 Å². The summed E-state index contributed by atoms with van der Waals surface area (Å²) in [6, 6.07) is 13.6. The summed E-state index contributed by atoms with van der Waals surface area (Å²) >= 11 is 0. The van der Waals surface area contributed by atoms with Gasteiger partial charge in [-0.15, -0.1) is 12.4 Å². The maximum atomic E-state index is 5.47. The molecule has 2 saturated carbocycles. The second-order valence-electron chi connectivity index (χ2n) is 9.36. The van der Waals surface area contributed by atoms with Crippen molar-refractivity contribution in [3.05, 3.63) is 59.4 Å². The van der Waals surface area contributed by atoms with E-state index in [1.54, 1.807) is 12.7 Å². The molecule has 0 spiro atoms. The van der Waals surface area contributed by atoms with Gasteiger partial charge in [-0.1, -0.05) is 19.1 Å². The maximum Gasteiger partial charge on any atom is 0.119 e. The van der Waals surface area contributed by atoms with Gasteiger partial charge in [0.2, 0.25) is 0 Å². The molecule has 0 amide bonds. The molecule has 5 atom stereocenters. The molecule has 1 heterocycles. The predicted molar refractivity (Wildman–Crippen MR) is 120 cm³/mol. The number of halogens is 1. The number of nitrogens with one attached hydrogen (secondary N) is 1. The summed E-state index contributed by atoms with van der Waals surface area (Å²) < 4.78 is 5.47. The predicted octanol–water partition coefficient (Wildman–Crippen LogP) is 5.53. The Bertz CT molecular complexity index is 842. The lowest BCUT2D eigenvalue weighted by Crippen LogP contribution is -2.48. The van der Waals surface area contributed by atoms with Crippen LogP contribution in [0.25, 0.3) is 0 Å². The summed E-state index contributed by atoms with van der Waals surface area (Å²) in [5.74, 6) is 3.46. The highest BCUT2D eigenvalue weighted by molar-refractivity contribution is 5.85. The van der Waals surface area contributed by atoms with E-state index in [-0.39, 0.29) is 12.4 Å². The lowest BCUT2D eigenvalue weighted by atomic mass is 9.55. The van der Waals surface area contributed by atoms with Gasteiger partial charge in [0, 0.05) is 18.8 Å². The number of ether oxygens (including phenoxy) is 1. The van der Waals surface area contributed by atoms with Crippen molar-refractivity contribution in [1.82, 2.24) is 10.3 Å². The van der Waals surface area contributed by atoms with Crippen LogP contribution in [0, 0.1) is 17.3 Å². The molecular formula is C25H33ClN2O. The molecule has 5 rings (SSSR count). The van der Waals surface area contributed by atoms with E-state index in [2.05, 4.69) is 47.6 Å². The molecule has 2 aromatic rings. The average Bonchev–Trinajstić information content (AvgIpc) is 3.08. The van der Waals surface area contributed by atoms with Gasteiger partial charge >= 0.3 is 0 Å². The Morgan fingerprint density at radius 3 is 2.83 bits per heavy atom. The van der Waals surface area contributed by atoms with Crippen molar-refractivity contribution < 1.29 is 4.74 Å². The van der Waals surface area contributed by atoms with Gasteiger partial charge in [0.15, 0.2) is 0 Å². The second kappa shape index (κ2) is 8.28. The van der Waals surface area contributed by atoms with E-state index < -0.39 is 0 Å². The quantitative estimate of drug-likeness (QED) is 0.717. The van der Waals surface area contributed by atoms with Crippen molar-refractivity contribution in [3.8, 4) is 5.75 Å². The third-order valence-electron chi connectivity index (χ3n) is 8.19. The molecule has 1 N–H and O–H groups in total. The largest absolute Gasteiger partial charge is 0.497 e. The van der Waals surface area contributed by atoms with E-state index in [9.17, 15) is 0 Å². The van der Waals surface area contributed by atoms with Crippen LogP contribution in [0.15, 0.2) is 42.6 Å². The number of aromatic nitrogens is 1. The Balaban J connectivity index is 0.00000205. The zero-order valence-corrected chi connectivity index (χ0v) is 18.4. The Morgan fingerprint density at radius 2 is 2.03 bits per heavy atom. The normalized spacial score (nSPS) is 32.5. The molecule has 2 fully saturated rings. The molecule has 3 aliphatic rings. The number of nitrogens with zero attached hydrogens (tertiary/aromatic N) is 1. The van der Waals surface area contributed by atoms with Gasteiger partial charge in [-0.25, -0.2) is 0 Å². The minimum atomic E-state index is 0. The van der Waals surface area contributed by atoms with Gasteiger partial charge < -0.3 is 10.1 Å². The lowest BCUT2D eigenvalue weighted by molar-refractivity contribution is 0.0407. The summed E-state index contributed by atoms with van der Waals surface area (Å²) in [6.45, 7) is 3.46. The topological polar surface area (TPSA) is 34.1 Å². The Kier molecular flexibility index (Phi) is 5.90. The lowest BCUT2D eigenvalue weighted by Gasteiger charge is -2.51. The van der Waals surface area contributed by atoms with Crippen molar-refractivity contribution in [3.63, 3.8) is 0 Å². The first-order chi connectivity index (χ1) is 13.7. The number of methoxy groups -OCH3 is 1. The van der Waals surface area contributed by atoms with E-state index >= 15 is 0 Å². The maximum absolute atomic E-state index is 5.47. The molecule has 156 valence electrons. The number of benzene rings is 1. The number of pyridine rings is 1. The number of hydrogen-bond donors (Lipinski definition) is 1. The van der Waals surface area contributed by atoms with Crippen LogP contribution in [-0.4, -0.2) is 18.1 Å². The highest BCUT2D eigenvalue weighted by atomic mass is 35.5. The molecular weight excluding hydrogens is 380 g/mol. The van der Waals surface area contributed by atoms with Crippen LogP contribution in [0.4, 0.5) is 0 Å². The minimum Gasteiger partial charge on any atom is -0.497 e. The van der Waals surface area contributed by atoms with E-state index in [0.717, 1.165) is 35.7 Å². The van der Waals surface area contributed by atoms with Crippen molar-refractivity contribution >= 4 is 12.4 Å². The van der Waals surface area contributed by atoms with Gasteiger partial charge in [-0.3, -0.25) is 4.98 Å². The molecule has 3 nitrogen and oxygen atoms in total. The number of fused-ring (bicyclic) bond motifs is 5. The first-order valence-corrected chi connectivity index (χ1v) is 11.0. The Hall–Kier alpha value is -1.58. The third-order valence-corrected chi connectivity index (χ3v) is 8.19. The van der Waals surface area contributed by atoms with Crippen LogP contribution >= 0.6 is 12.4 Å². The van der Waals surface area contributed by atoms with Gasteiger partial charge in [-0.05, 0) is 97.1 Å². The molecule has 0 radical (unpaired) electrons. The zero-order chi connectivity index (χ0) is 19.1. The summed E-state index contributed by atoms with van der Waals surface area (Å²) in [4.78, 5) is 4.50. The highest BCUT2D eigenvalue weighted by Gasteiger charge is 2.54. The van der Waals surface area contributed by atoms with E-state index in [1.165, 1.54) is 44.1 Å². The van der Waals surface area contributed by atoms with E-state index in [4.69, 9.17) is 4.74 Å². The standard InChI is InChI=1S/C25H32N2O.ClH/c1-25-13-12-21-20-9-7-19(28-2)15-17(20)6-8-22(21)23(25)10-11-24(25)27-16-18-5-3-4-14-26-18;/h3-5,7,9,14-15,21-24,27H,6,8,10-13,16H2,1-2H3;1H/t21-,22-,23+,24+,25+;/m1./s1. The molecule has 0 saturated heterocycles. The first kappa shape index (κ1) is 20.7. The average molecular weight is 413 g/mol. The second-order valence-corrected chi connectivity index (χ2v) is 9.36. The highest BCUT2D eigenvalue weighted by Crippen LogP contribution is 2.61. The van der Waals surface area contributed by atoms with Gasteiger partial charge in [0.05, 0.1) is 12.8 Å². The zero-order valence-electron chi connectivity index (χ0n) is 17.6. The molecule has 0 aliphatic heterocycles. The molecule has 3 aliphatic carbocycles. The van der Waals surface area contributed by atoms with Crippen LogP contribution in [0.2, 0.25) is 0 Å². The van der Waals surface area contributed by atoms with Crippen molar-refractivity contribution in [2.24, 2.45) is 17.3 Å². The fourth-order valence-electron chi connectivity index (χ4n) is 6.75. The van der Waals surface area contributed by atoms with Crippen LogP contribution in [0.3, 0.4) is 0 Å². The first-order valence-electron chi connectivity index (χ1n) is 11.0. The monoisotopic (exact) mass is 412 g/mol. The molecule has 29 heavy (non-hydrogen) atoms. The van der Waals surface area contributed by atoms with Crippen LogP contribution in [0.1, 0.15) is 61.8 Å². The number of aryl methyl sites for hydroxylation is 1. The van der Waals surface area contributed by atoms with Crippen LogP contribution in [0.5, 0.6) is 5.75 Å². The minimum absolute atomic E-state index is 0. The van der Waals surface area contributed by atoms with Gasteiger partial charge in [-0.2, -0.15) is 0 Å². The summed E-state index contributed by atoms with van der Waals surface area (Å²) in [6.07, 6.45) is 9.82. The fourth-order valence-corrected chi connectivity index (χ4v) is 6.75. The van der Waals surface area contributed by atoms with E-state index in [0.29, 0.717) is 11.5 Å². The SMILES string of the molecule is COc1ccc2c(c1)CC[C@@H]1[C@@H]2CC[C@]2(C)[C@@H](NCc3ccccn3)CC[C@@H]12.Cl. The van der Waals surface area contributed by atoms with Gasteiger partial charge in [0.1, 0.15) is 5.75 Å². The van der Waals surface area contributed by atoms with E-state index in [1.807, 2.05) is 12.3 Å². The third kappa shape index (κ3) is 3.57. The molecule has 4 heteroatoms. The summed E-state index contributed by atoms with van der Waals surface area (Å²) in [5, 5.41) is 3.89. The van der Waals surface area contributed by atoms with Crippen LogP contribution in [-0.2, 0) is 13.0 Å². The number of rotatable bonds is 4. The molecule has 0 unspecified atom stereocenters. The van der Waals surface area contributed by atoms with Gasteiger partial charge in [0.25, 0.3) is 0 Å². The molecule has 1 aromatic heterocycles. The van der Waals surface area contributed by atoms with Crippen molar-refractivity contribution in [2.75, 3.05) is 7.11 Å². The fraction of sp³-hybridized carbons (Fsp3) is 0.560. The summed E-state index contributed by atoms with van der Waals surface area (Å²) in [7, 11) is 1.77. The van der Waals surface area contributed by atoms with Crippen molar-refractivity contribution in [2.45, 2.75) is 64.0 Å². The summed E-state index contributed by atoms with van der Waals surface area (Å²) in [5.41, 5.74) is 4.74. The van der Waals surface area contributed by atoms with Crippen LogP contribution < -0.4 is 10.1 Å². The number of hydrogen-bond acceptors (Lipinski definition) is 3. The Morgan fingerprint density at radius 1 is 1.14 bits per heavy atom.